The summed E-state index contributed by atoms with van der Waals surface area (Å²) in [5.74, 6) is -11.6. The first-order valence-electron chi connectivity index (χ1n) is 18.7. The van der Waals surface area contributed by atoms with Gasteiger partial charge in [0.2, 0.25) is 41.4 Å². The van der Waals surface area contributed by atoms with Crippen LogP contribution in [0.25, 0.3) is 0 Å². The summed E-state index contributed by atoms with van der Waals surface area (Å²) in [6.07, 6.45) is -2.25. The first-order chi connectivity index (χ1) is 28.0. The van der Waals surface area contributed by atoms with E-state index in [0.29, 0.717) is 5.56 Å². The molecule has 23 nitrogen and oxygen atoms in total. The maximum absolute atomic E-state index is 14.1. The predicted octanol–water partition coefficient (Wildman–Crippen LogP) is -4.10. The van der Waals surface area contributed by atoms with Gasteiger partial charge in [-0.2, -0.15) is 12.6 Å². The molecule has 0 bridgehead atoms. The van der Waals surface area contributed by atoms with Gasteiger partial charge in [-0.1, -0.05) is 39.8 Å². The van der Waals surface area contributed by atoms with Gasteiger partial charge in [-0.05, 0) is 42.4 Å². The Morgan fingerprint density at radius 1 is 0.650 bits per heavy atom. The second-order valence-electron chi connectivity index (χ2n) is 14.4. The zero-order valence-corrected chi connectivity index (χ0v) is 34.6. The van der Waals surface area contributed by atoms with Gasteiger partial charge in [0.15, 0.2) is 5.96 Å². The number of benzene rings is 1. The number of carboxylic acids is 2. The minimum atomic E-state index is -1.81. The second kappa shape index (κ2) is 25.3. The number of thiol groups is 1. The van der Waals surface area contributed by atoms with Crippen molar-refractivity contribution >= 4 is 71.9 Å². The molecule has 334 valence electrons. The molecule has 0 saturated carbocycles. The van der Waals surface area contributed by atoms with Gasteiger partial charge in [0.05, 0.1) is 18.9 Å². The van der Waals surface area contributed by atoms with E-state index in [2.05, 4.69) is 49.5 Å². The van der Waals surface area contributed by atoms with Gasteiger partial charge < -0.3 is 70.2 Å². The molecule has 1 rings (SSSR count). The van der Waals surface area contributed by atoms with Crippen LogP contribution in [0.15, 0.2) is 29.3 Å². The standard InChI is InChI=1S/C36H57N11O12S/c1-16(2)27(38)34(57)46-24(15-60)33(56)44-22(13-25(37)49)31(54)43-21(12-18-7-9-19(48)10-8-18)30(53)42-20(6-5-11-41-36(39)40)29(52)45-23(14-26(50)51)32(55)47-28(17(3)4)35(58)59/h7-10,16-17,20-24,27-28,48,60H,5-6,11-15,38H2,1-4H3,(H2,37,49)(H,42,53)(H,43,54)(H,44,56)(H,45,52)(H,46,57)(H,47,55)(H,50,51)(H,58,59)(H4,39,40,41)/t20-,21-,22-,23-,24-,27-,28-/m0/s1. The first kappa shape index (κ1) is 51.8. The number of phenolic OH excluding ortho intramolecular Hbond substituents is 1. The van der Waals surface area contributed by atoms with Crippen LogP contribution in [0.2, 0.25) is 0 Å². The lowest BCUT2D eigenvalue weighted by Crippen LogP contribution is -2.61. The van der Waals surface area contributed by atoms with Crippen LogP contribution in [0, 0.1) is 11.8 Å². The van der Waals surface area contributed by atoms with Crippen molar-refractivity contribution in [1.29, 1.82) is 0 Å². The Kier molecular flexibility index (Phi) is 21.9. The molecule has 24 heteroatoms. The molecule has 0 aromatic heterocycles. The van der Waals surface area contributed by atoms with E-state index in [1.807, 2.05) is 0 Å². The summed E-state index contributed by atoms with van der Waals surface area (Å²) in [5.41, 5.74) is 22.4. The normalized spacial score (nSPS) is 14.5. The Balaban J connectivity index is 3.56. The molecule has 1 aromatic carbocycles. The lowest BCUT2D eigenvalue weighted by atomic mass is 10.0. The lowest BCUT2D eigenvalue weighted by Gasteiger charge is -2.27. The molecule has 17 N–H and O–H groups in total. The number of carboxylic acid groups (broad SMARTS) is 2. The average Bonchev–Trinajstić information content (AvgIpc) is 3.15. The molecule has 7 atom stereocenters. The van der Waals surface area contributed by atoms with Crippen LogP contribution in [0.5, 0.6) is 5.75 Å². The fourth-order valence-corrected chi connectivity index (χ4v) is 5.52. The number of carbonyl (C=O) groups is 9. The lowest BCUT2D eigenvalue weighted by molar-refractivity contribution is -0.144. The summed E-state index contributed by atoms with van der Waals surface area (Å²) in [6.45, 7) is 6.30. The zero-order valence-electron chi connectivity index (χ0n) is 33.7. The number of nitrogens with two attached hydrogens (primary N) is 4. The summed E-state index contributed by atoms with van der Waals surface area (Å²) >= 11 is 4.10. The molecule has 0 spiro atoms. The molecule has 0 aliphatic heterocycles. The third-order valence-corrected chi connectivity index (χ3v) is 9.07. The number of carbonyl (C=O) groups excluding carboxylic acids is 7. The van der Waals surface area contributed by atoms with Crippen molar-refractivity contribution in [3.8, 4) is 5.75 Å². The Morgan fingerprint density at radius 3 is 1.60 bits per heavy atom. The fourth-order valence-electron chi connectivity index (χ4n) is 5.27. The van der Waals surface area contributed by atoms with Gasteiger partial charge in [-0.3, -0.25) is 43.3 Å². The molecule has 0 heterocycles. The Bertz CT molecular complexity index is 1720. The highest BCUT2D eigenvalue weighted by molar-refractivity contribution is 7.80. The Labute approximate surface area is 351 Å². The van der Waals surface area contributed by atoms with Crippen LogP contribution >= 0.6 is 12.6 Å². The highest BCUT2D eigenvalue weighted by Gasteiger charge is 2.35. The Hall–Kier alpha value is -6.17. The van der Waals surface area contributed by atoms with Crippen LogP contribution in [0.4, 0.5) is 0 Å². The van der Waals surface area contributed by atoms with Gasteiger partial charge in [-0.15, -0.1) is 0 Å². The first-order valence-corrected chi connectivity index (χ1v) is 19.3. The highest BCUT2D eigenvalue weighted by atomic mass is 32.1. The van der Waals surface area contributed by atoms with Crippen LogP contribution in [-0.2, 0) is 49.6 Å². The average molecular weight is 868 g/mol. The highest BCUT2D eigenvalue weighted by Crippen LogP contribution is 2.13. The van der Waals surface area contributed by atoms with E-state index in [1.165, 1.54) is 38.1 Å². The fraction of sp³-hybridized carbons (Fsp3) is 0.556. The van der Waals surface area contributed by atoms with Gasteiger partial charge >= 0.3 is 11.9 Å². The smallest absolute Gasteiger partial charge is 0.326 e. The quantitative estimate of drug-likeness (QED) is 0.0182. The number of amides is 7. The summed E-state index contributed by atoms with van der Waals surface area (Å²) in [5, 5.41) is 42.9. The molecular weight excluding hydrogens is 811 g/mol. The minimum absolute atomic E-state index is 0.0348. The van der Waals surface area contributed by atoms with E-state index in [4.69, 9.17) is 22.9 Å². The Morgan fingerprint density at radius 2 is 1.12 bits per heavy atom. The van der Waals surface area contributed by atoms with Crippen LogP contribution < -0.4 is 54.8 Å². The van der Waals surface area contributed by atoms with E-state index in [1.54, 1.807) is 13.8 Å². The largest absolute Gasteiger partial charge is 0.508 e. The number of aliphatic carboxylic acids is 2. The van der Waals surface area contributed by atoms with E-state index >= 15 is 0 Å². The number of hydrogen-bond donors (Lipinski definition) is 14. The van der Waals surface area contributed by atoms with Crippen LogP contribution in [0.1, 0.15) is 58.9 Å². The molecule has 0 aliphatic carbocycles. The van der Waals surface area contributed by atoms with Crippen molar-refractivity contribution in [2.75, 3.05) is 12.3 Å². The van der Waals surface area contributed by atoms with Crippen molar-refractivity contribution in [1.82, 2.24) is 31.9 Å². The van der Waals surface area contributed by atoms with Crippen LogP contribution in [-0.4, -0.2) is 129 Å². The van der Waals surface area contributed by atoms with Crippen molar-refractivity contribution in [2.45, 2.75) is 102 Å². The molecule has 60 heavy (non-hydrogen) atoms. The van der Waals surface area contributed by atoms with E-state index in [9.17, 15) is 58.5 Å². The number of aromatic hydroxyl groups is 1. The minimum Gasteiger partial charge on any atom is -0.508 e. The molecule has 1 aromatic rings. The number of aliphatic imine (C=N–C) groups is 1. The number of rotatable bonds is 26. The SMILES string of the molecule is CC(C)[C@H](N)C(=O)N[C@@H](CS)C(=O)N[C@@H](CC(N)=O)C(=O)N[C@@H](Cc1ccc(O)cc1)C(=O)N[C@@H](CCCN=C(N)N)C(=O)N[C@@H](CC(=O)O)C(=O)N[C@H](C(=O)O)C(C)C. The summed E-state index contributed by atoms with van der Waals surface area (Å²) in [4.78, 5) is 120. The summed E-state index contributed by atoms with van der Waals surface area (Å²) in [6, 6.07) is -5.01. The van der Waals surface area contributed by atoms with Gasteiger partial charge in [0.1, 0.15) is 42.0 Å². The van der Waals surface area contributed by atoms with Crippen molar-refractivity contribution in [2.24, 2.45) is 39.8 Å². The molecule has 0 saturated heterocycles. The number of phenols is 1. The number of nitrogens with one attached hydrogen (secondary N) is 6. The van der Waals surface area contributed by atoms with E-state index in [0.717, 1.165) is 0 Å². The topological polar surface area (TPSA) is 403 Å². The van der Waals surface area contributed by atoms with E-state index < -0.39 is 114 Å². The third-order valence-electron chi connectivity index (χ3n) is 8.70. The van der Waals surface area contributed by atoms with Crippen molar-refractivity contribution in [3.05, 3.63) is 29.8 Å². The van der Waals surface area contributed by atoms with Gasteiger partial charge in [0, 0.05) is 18.7 Å². The summed E-state index contributed by atoms with van der Waals surface area (Å²) < 4.78 is 0. The number of guanidine groups is 1. The van der Waals surface area contributed by atoms with E-state index in [-0.39, 0.29) is 49.2 Å². The molecule has 0 aliphatic rings. The van der Waals surface area contributed by atoms with Crippen molar-refractivity contribution < 1.29 is 58.5 Å². The molecule has 0 radical (unpaired) electrons. The molecule has 7 amide bonds. The third kappa shape index (κ3) is 18.6. The maximum atomic E-state index is 14.1. The monoisotopic (exact) mass is 867 g/mol. The maximum Gasteiger partial charge on any atom is 0.326 e. The molecular formula is C36H57N11O12S. The summed E-state index contributed by atoms with van der Waals surface area (Å²) in [7, 11) is 0. The predicted molar refractivity (Wildman–Crippen MR) is 219 cm³/mol. The molecule has 0 fully saturated rings. The van der Waals surface area contributed by atoms with Gasteiger partial charge in [-0.25, -0.2) is 4.79 Å². The van der Waals surface area contributed by atoms with Crippen molar-refractivity contribution in [3.63, 3.8) is 0 Å². The number of hydrogen-bond acceptors (Lipinski definition) is 13. The number of nitrogens with zero attached hydrogens (tertiary/aromatic N) is 1. The zero-order chi connectivity index (χ0) is 45.9. The van der Waals surface area contributed by atoms with Crippen LogP contribution in [0.3, 0.4) is 0 Å². The molecule has 0 unspecified atom stereocenters. The van der Waals surface area contributed by atoms with Gasteiger partial charge in [0.25, 0.3) is 0 Å². The second-order valence-corrected chi connectivity index (χ2v) is 14.8. The number of primary amides is 1.